The maximum absolute atomic E-state index is 11.5. The van der Waals surface area contributed by atoms with Crippen LogP contribution in [-0.2, 0) is 5.60 Å². The minimum atomic E-state index is -0.675. The Kier molecular flexibility index (Phi) is 3.05. The van der Waals surface area contributed by atoms with Gasteiger partial charge in [-0.1, -0.05) is 42.8 Å². The number of rotatable bonds is 1. The van der Waals surface area contributed by atoms with Gasteiger partial charge in [-0.25, -0.2) is 0 Å². The van der Waals surface area contributed by atoms with E-state index in [1.807, 2.05) is 0 Å². The molecule has 2 unspecified atom stereocenters. The average Bonchev–Trinajstić information content (AvgIpc) is 2.46. The van der Waals surface area contributed by atoms with Crippen molar-refractivity contribution in [1.82, 2.24) is 5.32 Å². The molecule has 2 aliphatic rings. The molecular formula is C19H23NO. The summed E-state index contributed by atoms with van der Waals surface area (Å²) in [6.07, 6.45) is 5.38. The van der Waals surface area contributed by atoms with Gasteiger partial charge in [0.15, 0.2) is 0 Å². The van der Waals surface area contributed by atoms with E-state index in [-0.39, 0.29) is 0 Å². The molecule has 2 atom stereocenters. The highest BCUT2D eigenvalue weighted by atomic mass is 16.3. The monoisotopic (exact) mass is 281 g/mol. The molecule has 2 saturated heterocycles. The van der Waals surface area contributed by atoms with Gasteiger partial charge in [-0.3, -0.25) is 0 Å². The van der Waals surface area contributed by atoms with Crippen molar-refractivity contribution >= 4 is 10.8 Å². The number of benzene rings is 2. The number of piperidine rings is 2. The first-order chi connectivity index (χ1) is 10.2. The Morgan fingerprint density at radius 3 is 2.52 bits per heavy atom. The third-order valence-electron chi connectivity index (χ3n) is 5.35. The van der Waals surface area contributed by atoms with Crippen LogP contribution >= 0.6 is 0 Å². The van der Waals surface area contributed by atoms with Gasteiger partial charge in [0.25, 0.3) is 0 Å². The molecule has 2 heteroatoms. The highest BCUT2D eigenvalue weighted by molar-refractivity contribution is 5.87. The SMILES string of the molecule is Cc1ccc2ccccc2c1C1(O)CC2CCCC(C1)N2. The fourth-order valence-corrected chi connectivity index (χ4v) is 4.53. The number of fused-ring (bicyclic) bond motifs is 3. The molecule has 0 amide bonds. The van der Waals surface area contributed by atoms with Crippen LogP contribution < -0.4 is 5.32 Å². The van der Waals surface area contributed by atoms with Gasteiger partial charge in [-0.2, -0.15) is 0 Å². The Morgan fingerprint density at radius 2 is 1.76 bits per heavy atom. The topological polar surface area (TPSA) is 32.3 Å². The van der Waals surface area contributed by atoms with Crippen molar-refractivity contribution in [3.8, 4) is 0 Å². The first-order valence-electron chi connectivity index (χ1n) is 8.13. The zero-order chi connectivity index (χ0) is 14.4. The Balaban J connectivity index is 1.87. The van der Waals surface area contributed by atoms with E-state index in [0.29, 0.717) is 12.1 Å². The molecule has 2 aromatic carbocycles. The Morgan fingerprint density at radius 1 is 1.05 bits per heavy atom. The van der Waals surface area contributed by atoms with E-state index in [1.54, 1.807) is 0 Å². The van der Waals surface area contributed by atoms with Crippen LogP contribution in [0.25, 0.3) is 10.8 Å². The molecule has 2 heterocycles. The fourth-order valence-electron chi connectivity index (χ4n) is 4.53. The number of hydrogen-bond acceptors (Lipinski definition) is 2. The standard InChI is InChI=1S/C19H23NO/c1-13-9-10-14-5-2-3-8-17(14)18(13)19(21)11-15-6-4-7-16(12-19)20-15/h2-3,5,8-10,15-16,20-21H,4,6-7,11-12H2,1H3. The number of aryl methyl sites for hydroxylation is 1. The van der Waals surface area contributed by atoms with Crippen molar-refractivity contribution in [1.29, 1.82) is 0 Å². The Hall–Kier alpha value is -1.38. The van der Waals surface area contributed by atoms with E-state index in [0.717, 1.165) is 12.8 Å². The maximum Gasteiger partial charge on any atom is 0.0934 e. The van der Waals surface area contributed by atoms with E-state index in [1.165, 1.54) is 41.2 Å². The zero-order valence-corrected chi connectivity index (χ0v) is 12.6. The van der Waals surface area contributed by atoms with Crippen molar-refractivity contribution in [2.75, 3.05) is 0 Å². The highest BCUT2D eigenvalue weighted by Gasteiger charge is 2.43. The van der Waals surface area contributed by atoms with E-state index in [9.17, 15) is 5.11 Å². The van der Waals surface area contributed by atoms with Gasteiger partial charge < -0.3 is 10.4 Å². The third kappa shape index (κ3) is 2.18. The van der Waals surface area contributed by atoms with Crippen molar-refractivity contribution in [2.45, 2.75) is 56.7 Å². The predicted octanol–water partition coefficient (Wildman–Crippen LogP) is 3.64. The number of hydrogen-bond donors (Lipinski definition) is 2. The zero-order valence-electron chi connectivity index (χ0n) is 12.6. The molecule has 2 bridgehead atoms. The minimum Gasteiger partial charge on any atom is -0.385 e. The van der Waals surface area contributed by atoms with Gasteiger partial charge in [0.1, 0.15) is 0 Å². The molecule has 2 nitrogen and oxygen atoms in total. The second kappa shape index (κ2) is 4.82. The van der Waals surface area contributed by atoms with Crippen LogP contribution in [-0.4, -0.2) is 17.2 Å². The minimum absolute atomic E-state index is 0.473. The van der Waals surface area contributed by atoms with Crippen molar-refractivity contribution in [3.63, 3.8) is 0 Å². The number of aliphatic hydroxyl groups is 1. The molecule has 110 valence electrons. The molecule has 0 aliphatic carbocycles. The van der Waals surface area contributed by atoms with Gasteiger partial charge in [0, 0.05) is 12.1 Å². The summed E-state index contributed by atoms with van der Waals surface area (Å²) >= 11 is 0. The molecule has 2 N–H and O–H groups in total. The summed E-state index contributed by atoms with van der Waals surface area (Å²) in [5.74, 6) is 0. The smallest absolute Gasteiger partial charge is 0.0934 e. The van der Waals surface area contributed by atoms with Crippen molar-refractivity contribution in [2.24, 2.45) is 0 Å². The van der Waals surface area contributed by atoms with Crippen LogP contribution in [0.5, 0.6) is 0 Å². The van der Waals surface area contributed by atoms with Gasteiger partial charge in [-0.15, -0.1) is 0 Å². The fraction of sp³-hybridized carbons (Fsp3) is 0.474. The average molecular weight is 281 g/mol. The summed E-state index contributed by atoms with van der Waals surface area (Å²) in [5.41, 5.74) is 1.71. The van der Waals surface area contributed by atoms with Crippen LogP contribution in [0, 0.1) is 6.92 Å². The highest BCUT2D eigenvalue weighted by Crippen LogP contribution is 2.43. The third-order valence-corrected chi connectivity index (χ3v) is 5.35. The lowest BCUT2D eigenvalue weighted by Gasteiger charge is -2.46. The predicted molar refractivity (Wildman–Crippen MR) is 86.4 cm³/mol. The summed E-state index contributed by atoms with van der Waals surface area (Å²) < 4.78 is 0. The molecule has 2 aliphatic heterocycles. The van der Waals surface area contributed by atoms with Crippen LogP contribution in [0.15, 0.2) is 36.4 Å². The molecular weight excluding hydrogens is 258 g/mol. The Bertz CT molecular complexity index is 666. The molecule has 0 saturated carbocycles. The molecule has 21 heavy (non-hydrogen) atoms. The lowest BCUT2D eigenvalue weighted by molar-refractivity contribution is -0.0351. The lowest BCUT2D eigenvalue weighted by atomic mass is 9.72. The van der Waals surface area contributed by atoms with Crippen LogP contribution in [0.3, 0.4) is 0 Å². The van der Waals surface area contributed by atoms with E-state index >= 15 is 0 Å². The molecule has 0 radical (unpaired) electrons. The maximum atomic E-state index is 11.5. The molecule has 0 aromatic heterocycles. The van der Waals surface area contributed by atoms with Gasteiger partial charge in [-0.05, 0) is 54.5 Å². The first kappa shape index (κ1) is 13.3. The quantitative estimate of drug-likeness (QED) is 0.836. The van der Waals surface area contributed by atoms with E-state index in [4.69, 9.17) is 0 Å². The summed E-state index contributed by atoms with van der Waals surface area (Å²) in [6.45, 7) is 2.14. The second-order valence-corrected chi connectivity index (χ2v) is 6.91. The first-order valence-corrected chi connectivity index (χ1v) is 8.13. The van der Waals surface area contributed by atoms with Crippen LogP contribution in [0.1, 0.15) is 43.2 Å². The van der Waals surface area contributed by atoms with Crippen LogP contribution in [0.2, 0.25) is 0 Å². The van der Waals surface area contributed by atoms with Crippen LogP contribution in [0.4, 0.5) is 0 Å². The summed E-state index contributed by atoms with van der Waals surface area (Å²) in [4.78, 5) is 0. The van der Waals surface area contributed by atoms with Gasteiger partial charge >= 0.3 is 0 Å². The molecule has 4 rings (SSSR count). The lowest BCUT2D eigenvalue weighted by Crippen LogP contribution is -2.54. The van der Waals surface area contributed by atoms with E-state index in [2.05, 4.69) is 48.6 Å². The van der Waals surface area contributed by atoms with Gasteiger partial charge in [0.2, 0.25) is 0 Å². The summed E-state index contributed by atoms with van der Waals surface area (Å²) in [7, 11) is 0. The Labute approximate surface area is 126 Å². The van der Waals surface area contributed by atoms with Crippen molar-refractivity contribution < 1.29 is 5.11 Å². The molecule has 2 fully saturated rings. The van der Waals surface area contributed by atoms with Crippen molar-refractivity contribution in [3.05, 3.63) is 47.5 Å². The van der Waals surface area contributed by atoms with Gasteiger partial charge in [0.05, 0.1) is 5.60 Å². The number of nitrogens with one attached hydrogen (secondary N) is 1. The largest absolute Gasteiger partial charge is 0.385 e. The molecule has 0 spiro atoms. The second-order valence-electron chi connectivity index (χ2n) is 6.91. The summed E-state index contributed by atoms with van der Waals surface area (Å²) in [5, 5.41) is 17.6. The van der Waals surface area contributed by atoms with E-state index < -0.39 is 5.60 Å². The molecule has 2 aromatic rings. The normalized spacial score (nSPS) is 32.3. The summed E-state index contributed by atoms with van der Waals surface area (Å²) in [6, 6.07) is 13.7.